The normalized spacial score (nSPS) is 10.9. The van der Waals surface area contributed by atoms with Crippen LogP contribution in [-0.2, 0) is 19.0 Å². The van der Waals surface area contributed by atoms with Gasteiger partial charge in [-0.25, -0.2) is 0 Å². The lowest BCUT2D eigenvalue weighted by Crippen LogP contribution is -2.12. The van der Waals surface area contributed by atoms with Crippen LogP contribution >= 0.6 is 11.6 Å². The predicted octanol–water partition coefficient (Wildman–Crippen LogP) is 4.26. The van der Waals surface area contributed by atoms with E-state index >= 15 is 0 Å². The van der Waals surface area contributed by atoms with Crippen molar-refractivity contribution in [2.45, 2.75) is 19.0 Å². The summed E-state index contributed by atoms with van der Waals surface area (Å²) in [6, 6.07) is 18.8. The third-order valence-electron chi connectivity index (χ3n) is 3.47. The van der Waals surface area contributed by atoms with Gasteiger partial charge in [0, 0.05) is 30.6 Å². The van der Waals surface area contributed by atoms with E-state index in [9.17, 15) is 0 Å². The van der Waals surface area contributed by atoms with E-state index in [-0.39, 0.29) is 0 Å². The number of nitrogens with zero attached hydrogens (tertiary/aromatic N) is 1. The maximum absolute atomic E-state index is 5.86. The molecule has 0 saturated carbocycles. The van der Waals surface area contributed by atoms with E-state index < -0.39 is 0 Å². The van der Waals surface area contributed by atoms with Gasteiger partial charge in [0.25, 0.3) is 0 Å². The summed E-state index contributed by atoms with van der Waals surface area (Å²) >= 11 is 5.86. The molecule has 0 aliphatic carbocycles. The lowest BCUT2D eigenvalue weighted by atomic mass is 10.1. The summed E-state index contributed by atoms with van der Waals surface area (Å²) in [5.74, 6) is 0.561. The molecule has 0 fully saturated rings. The summed E-state index contributed by atoms with van der Waals surface area (Å²) in [7, 11) is 0. The summed E-state index contributed by atoms with van der Waals surface area (Å²) in [5, 5.41) is 4.65. The quantitative estimate of drug-likeness (QED) is 0.712. The number of alkyl halides is 1. The Hall–Kier alpha value is -1.90. The summed E-state index contributed by atoms with van der Waals surface area (Å²) < 4.78 is 0. The van der Waals surface area contributed by atoms with Gasteiger partial charge in [0.15, 0.2) is 0 Å². The second kappa shape index (κ2) is 6.70. The van der Waals surface area contributed by atoms with E-state index in [2.05, 4.69) is 52.8 Å². The van der Waals surface area contributed by atoms with Gasteiger partial charge in [-0.3, -0.25) is 4.98 Å². The standard InChI is InChI=1S/C18H17ClN2/c19-11-14-3-1-4-15(9-14)12-20-13-16-6-7-18-17(10-16)5-2-8-21-18/h1-10,20H,11-13H2. The Kier molecular flexibility index (Phi) is 4.49. The third kappa shape index (κ3) is 3.60. The molecule has 2 aromatic carbocycles. The fourth-order valence-corrected chi connectivity index (χ4v) is 2.58. The van der Waals surface area contributed by atoms with Gasteiger partial charge in [0.1, 0.15) is 0 Å². The fourth-order valence-electron chi connectivity index (χ4n) is 2.41. The minimum Gasteiger partial charge on any atom is -0.309 e. The Morgan fingerprint density at radius 3 is 2.52 bits per heavy atom. The lowest BCUT2D eigenvalue weighted by Gasteiger charge is -2.07. The molecule has 0 atom stereocenters. The van der Waals surface area contributed by atoms with Crippen LogP contribution in [0.25, 0.3) is 10.9 Å². The predicted molar refractivity (Wildman–Crippen MR) is 88.3 cm³/mol. The highest BCUT2D eigenvalue weighted by Gasteiger charge is 1.98. The largest absolute Gasteiger partial charge is 0.309 e. The Labute approximate surface area is 129 Å². The number of fused-ring (bicyclic) bond motifs is 1. The summed E-state index contributed by atoms with van der Waals surface area (Å²) in [6.45, 7) is 1.69. The van der Waals surface area contributed by atoms with E-state index in [1.807, 2.05) is 18.3 Å². The number of rotatable bonds is 5. The van der Waals surface area contributed by atoms with Crippen LogP contribution in [0.4, 0.5) is 0 Å². The van der Waals surface area contributed by atoms with Crippen molar-refractivity contribution in [3.63, 3.8) is 0 Å². The molecule has 0 amide bonds. The molecule has 0 aliphatic rings. The van der Waals surface area contributed by atoms with Crippen molar-refractivity contribution in [3.8, 4) is 0 Å². The molecule has 1 aromatic heterocycles. The van der Waals surface area contributed by atoms with Crippen LogP contribution in [0.2, 0.25) is 0 Å². The van der Waals surface area contributed by atoms with Gasteiger partial charge in [0.05, 0.1) is 5.52 Å². The van der Waals surface area contributed by atoms with Crippen LogP contribution in [0, 0.1) is 0 Å². The highest BCUT2D eigenvalue weighted by atomic mass is 35.5. The molecule has 0 saturated heterocycles. The average molecular weight is 297 g/mol. The van der Waals surface area contributed by atoms with Crippen LogP contribution in [0.1, 0.15) is 16.7 Å². The molecule has 0 radical (unpaired) electrons. The first-order valence-corrected chi connectivity index (χ1v) is 7.57. The first kappa shape index (κ1) is 14.1. The van der Waals surface area contributed by atoms with Crippen molar-refractivity contribution in [1.29, 1.82) is 0 Å². The van der Waals surface area contributed by atoms with Gasteiger partial charge in [-0.2, -0.15) is 0 Å². The molecule has 2 nitrogen and oxygen atoms in total. The monoisotopic (exact) mass is 296 g/mol. The van der Waals surface area contributed by atoms with Crippen molar-refractivity contribution in [1.82, 2.24) is 10.3 Å². The number of hydrogen-bond donors (Lipinski definition) is 1. The molecule has 0 bridgehead atoms. The van der Waals surface area contributed by atoms with E-state index in [4.69, 9.17) is 11.6 Å². The van der Waals surface area contributed by atoms with Crippen molar-refractivity contribution >= 4 is 22.5 Å². The minimum atomic E-state index is 0.561. The zero-order chi connectivity index (χ0) is 14.5. The first-order chi connectivity index (χ1) is 10.3. The van der Waals surface area contributed by atoms with Gasteiger partial charge >= 0.3 is 0 Å². The summed E-state index contributed by atoms with van der Waals surface area (Å²) in [6.07, 6.45) is 1.82. The molecule has 3 aromatic rings. The van der Waals surface area contributed by atoms with Crippen molar-refractivity contribution in [2.24, 2.45) is 0 Å². The SMILES string of the molecule is ClCc1cccc(CNCc2ccc3ncccc3c2)c1. The second-order valence-corrected chi connectivity index (χ2v) is 5.35. The fraction of sp³-hybridized carbons (Fsp3) is 0.167. The molecule has 106 valence electrons. The zero-order valence-electron chi connectivity index (χ0n) is 11.7. The van der Waals surface area contributed by atoms with Crippen LogP contribution in [-0.4, -0.2) is 4.98 Å². The molecule has 0 unspecified atom stereocenters. The van der Waals surface area contributed by atoms with E-state index in [0.29, 0.717) is 5.88 Å². The maximum atomic E-state index is 5.86. The topological polar surface area (TPSA) is 24.9 Å². The van der Waals surface area contributed by atoms with Crippen LogP contribution in [0.3, 0.4) is 0 Å². The highest BCUT2D eigenvalue weighted by molar-refractivity contribution is 6.17. The number of aromatic nitrogens is 1. The van der Waals surface area contributed by atoms with Crippen LogP contribution < -0.4 is 5.32 Å². The maximum Gasteiger partial charge on any atom is 0.0702 e. The smallest absolute Gasteiger partial charge is 0.0702 e. The van der Waals surface area contributed by atoms with Crippen LogP contribution in [0.15, 0.2) is 60.8 Å². The van der Waals surface area contributed by atoms with E-state index in [1.54, 1.807) is 0 Å². The molecule has 1 N–H and O–H groups in total. The van der Waals surface area contributed by atoms with E-state index in [1.165, 1.54) is 16.5 Å². The number of halogens is 1. The van der Waals surface area contributed by atoms with E-state index in [0.717, 1.165) is 24.2 Å². The molecular weight excluding hydrogens is 280 g/mol. The lowest BCUT2D eigenvalue weighted by molar-refractivity contribution is 0.693. The highest BCUT2D eigenvalue weighted by Crippen LogP contribution is 2.13. The minimum absolute atomic E-state index is 0.561. The molecular formula is C18H17ClN2. The third-order valence-corrected chi connectivity index (χ3v) is 3.78. The van der Waals surface area contributed by atoms with Crippen molar-refractivity contribution in [3.05, 3.63) is 77.5 Å². The average Bonchev–Trinajstić information content (AvgIpc) is 2.55. The number of nitrogens with one attached hydrogen (secondary N) is 1. The summed E-state index contributed by atoms with van der Waals surface area (Å²) in [5.41, 5.74) is 4.73. The Bertz CT molecular complexity index is 740. The first-order valence-electron chi connectivity index (χ1n) is 7.03. The van der Waals surface area contributed by atoms with Crippen molar-refractivity contribution < 1.29 is 0 Å². The van der Waals surface area contributed by atoms with Gasteiger partial charge < -0.3 is 5.32 Å². The summed E-state index contributed by atoms with van der Waals surface area (Å²) in [4.78, 5) is 4.34. The van der Waals surface area contributed by atoms with Gasteiger partial charge in [0.2, 0.25) is 0 Å². The Morgan fingerprint density at radius 2 is 1.67 bits per heavy atom. The molecule has 3 rings (SSSR count). The molecule has 1 heterocycles. The van der Waals surface area contributed by atoms with Gasteiger partial charge in [-0.1, -0.05) is 36.4 Å². The second-order valence-electron chi connectivity index (χ2n) is 5.09. The van der Waals surface area contributed by atoms with Crippen molar-refractivity contribution in [2.75, 3.05) is 0 Å². The number of benzene rings is 2. The number of pyridine rings is 1. The Morgan fingerprint density at radius 1 is 0.857 bits per heavy atom. The van der Waals surface area contributed by atoms with Crippen LogP contribution in [0.5, 0.6) is 0 Å². The molecule has 0 aliphatic heterocycles. The molecule has 0 spiro atoms. The van der Waals surface area contributed by atoms with Gasteiger partial charge in [-0.05, 0) is 34.9 Å². The van der Waals surface area contributed by atoms with Gasteiger partial charge in [-0.15, -0.1) is 11.6 Å². The number of hydrogen-bond acceptors (Lipinski definition) is 2. The molecule has 21 heavy (non-hydrogen) atoms. The molecule has 3 heteroatoms. The Balaban J connectivity index is 1.63. The zero-order valence-corrected chi connectivity index (χ0v) is 12.5.